The zero-order chi connectivity index (χ0) is 17.0. The number of amides is 1. The molecule has 1 aliphatic carbocycles. The second kappa shape index (κ2) is 7.29. The monoisotopic (exact) mass is 340 g/mol. The minimum Gasteiger partial charge on any atom is -0.475 e. The number of nitrogens with one attached hydrogen (secondary N) is 1. The zero-order valence-corrected chi connectivity index (χ0v) is 14.6. The van der Waals surface area contributed by atoms with E-state index in [1.807, 2.05) is 13.8 Å². The number of sulfone groups is 1. The van der Waals surface area contributed by atoms with E-state index in [4.69, 9.17) is 4.74 Å². The van der Waals surface area contributed by atoms with Crippen LogP contribution < -0.4 is 10.1 Å². The lowest BCUT2D eigenvalue weighted by atomic mass is 9.94. The van der Waals surface area contributed by atoms with Crippen LogP contribution in [-0.2, 0) is 9.84 Å². The summed E-state index contributed by atoms with van der Waals surface area (Å²) in [5.74, 6) is 0.0949. The van der Waals surface area contributed by atoms with Crippen molar-refractivity contribution in [3.05, 3.63) is 23.9 Å². The Morgan fingerprint density at radius 3 is 2.70 bits per heavy atom. The Morgan fingerprint density at radius 1 is 1.35 bits per heavy atom. The second-order valence-corrected chi connectivity index (χ2v) is 8.55. The number of ether oxygens (including phenoxy) is 1. The molecule has 1 N–H and O–H groups in total. The molecular formula is C16H24N2O4S. The van der Waals surface area contributed by atoms with Gasteiger partial charge in [-0.25, -0.2) is 13.4 Å². The Balaban J connectivity index is 2.11. The third kappa shape index (κ3) is 4.92. The van der Waals surface area contributed by atoms with Gasteiger partial charge in [-0.05, 0) is 32.8 Å². The van der Waals surface area contributed by atoms with E-state index in [-0.39, 0.29) is 18.1 Å². The molecule has 0 saturated heterocycles. The molecular weight excluding hydrogens is 316 g/mol. The third-order valence-corrected chi connectivity index (χ3v) is 5.59. The normalized spacial score (nSPS) is 21.9. The maximum atomic E-state index is 12.4. The van der Waals surface area contributed by atoms with Crippen LogP contribution in [0.15, 0.2) is 18.3 Å². The Hall–Kier alpha value is -1.63. The number of nitrogens with zero attached hydrogens (tertiary/aromatic N) is 1. The molecule has 1 aromatic rings. The molecule has 128 valence electrons. The quantitative estimate of drug-likeness (QED) is 0.885. The van der Waals surface area contributed by atoms with Gasteiger partial charge >= 0.3 is 0 Å². The minimum absolute atomic E-state index is 0.0335. The molecule has 1 fully saturated rings. The van der Waals surface area contributed by atoms with Crippen molar-refractivity contribution in [3.8, 4) is 5.88 Å². The third-order valence-electron chi connectivity index (χ3n) is 3.92. The van der Waals surface area contributed by atoms with Gasteiger partial charge in [-0.3, -0.25) is 4.79 Å². The molecule has 6 nitrogen and oxygen atoms in total. The number of hydrogen-bond donors (Lipinski definition) is 1. The van der Waals surface area contributed by atoms with Crippen molar-refractivity contribution < 1.29 is 17.9 Å². The fourth-order valence-corrected chi connectivity index (χ4v) is 4.28. The fraction of sp³-hybridized carbons (Fsp3) is 0.625. The standard InChI is InChI=1S/C16H24N2O4S/c1-11(2)22-15-10-12(8-9-17-15)16(19)18-13-6-4-5-7-14(13)23(3,20)21/h8-11,13-14H,4-7H2,1-3H3,(H,18,19)/t13-,14-/m1/s1. The van der Waals surface area contributed by atoms with Crippen LogP contribution in [0.2, 0.25) is 0 Å². The van der Waals surface area contributed by atoms with Crippen molar-refractivity contribution in [2.75, 3.05) is 6.26 Å². The van der Waals surface area contributed by atoms with Crippen LogP contribution >= 0.6 is 0 Å². The van der Waals surface area contributed by atoms with Gasteiger partial charge in [0.25, 0.3) is 5.91 Å². The SMILES string of the molecule is CC(C)Oc1cc(C(=O)N[C@@H]2CCCC[C@H]2S(C)(=O)=O)ccn1. The first-order chi connectivity index (χ1) is 10.8. The van der Waals surface area contributed by atoms with Gasteiger partial charge in [0.1, 0.15) is 0 Å². The zero-order valence-electron chi connectivity index (χ0n) is 13.8. The summed E-state index contributed by atoms with van der Waals surface area (Å²) in [6.45, 7) is 3.76. The van der Waals surface area contributed by atoms with E-state index < -0.39 is 15.1 Å². The molecule has 0 bridgehead atoms. The van der Waals surface area contributed by atoms with Gasteiger partial charge in [-0.15, -0.1) is 0 Å². The fourth-order valence-electron chi connectivity index (χ4n) is 2.88. The number of hydrogen-bond acceptors (Lipinski definition) is 5. The van der Waals surface area contributed by atoms with Gasteiger partial charge < -0.3 is 10.1 Å². The van der Waals surface area contributed by atoms with Crippen molar-refractivity contribution in [1.82, 2.24) is 10.3 Å². The highest BCUT2D eigenvalue weighted by Gasteiger charge is 2.33. The molecule has 2 rings (SSSR count). The Labute approximate surface area is 137 Å². The first-order valence-corrected chi connectivity index (χ1v) is 9.85. The summed E-state index contributed by atoms with van der Waals surface area (Å²) in [6, 6.07) is 2.84. The lowest BCUT2D eigenvalue weighted by Crippen LogP contribution is -2.48. The molecule has 23 heavy (non-hydrogen) atoms. The Kier molecular flexibility index (Phi) is 5.62. The highest BCUT2D eigenvalue weighted by molar-refractivity contribution is 7.91. The van der Waals surface area contributed by atoms with E-state index in [2.05, 4.69) is 10.3 Å². The summed E-state index contributed by atoms with van der Waals surface area (Å²) in [7, 11) is -3.18. The van der Waals surface area contributed by atoms with E-state index in [0.29, 0.717) is 24.3 Å². The highest BCUT2D eigenvalue weighted by Crippen LogP contribution is 2.24. The lowest BCUT2D eigenvalue weighted by molar-refractivity contribution is 0.0927. The molecule has 2 atom stereocenters. The number of pyridine rings is 1. The van der Waals surface area contributed by atoms with Crippen LogP contribution in [-0.4, -0.2) is 43.0 Å². The van der Waals surface area contributed by atoms with Crippen molar-refractivity contribution in [2.45, 2.75) is 56.9 Å². The van der Waals surface area contributed by atoms with E-state index >= 15 is 0 Å². The summed E-state index contributed by atoms with van der Waals surface area (Å²) in [4.78, 5) is 16.5. The van der Waals surface area contributed by atoms with Crippen LogP contribution in [0, 0.1) is 0 Å². The second-order valence-electron chi connectivity index (χ2n) is 6.28. The van der Waals surface area contributed by atoms with Gasteiger partial charge in [0, 0.05) is 30.1 Å². The summed E-state index contributed by atoms with van der Waals surface area (Å²) >= 11 is 0. The molecule has 0 radical (unpaired) electrons. The molecule has 1 aromatic heterocycles. The maximum absolute atomic E-state index is 12.4. The van der Waals surface area contributed by atoms with Gasteiger partial charge in [0.2, 0.25) is 5.88 Å². The highest BCUT2D eigenvalue weighted by atomic mass is 32.2. The Bertz CT molecular complexity index is 658. The maximum Gasteiger partial charge on any atom is 0.251 e. The van der Waals surface area contributed by atoms with E-state index in [1.165, 1.54) is 12.5 Å². The molecule has 0 aromatic carbocycles. The van der Waals surface area contributed by atoms with Crippen LogP contribution in [0.25, 0.3) is 0 Å². The number of rotatable bonds is 5. The van der Waals surface area contributed by atoms with Crippen molar-refractivity contribution in [3.63, 3.8) is 0 Å². The van der Waals surface area contributed by atoms with E-state index in [1.54, 1.807) is 12.1 Å². The molecule has 1 saturated carbocycles. The first-order valence-electron chi connectivity index (χ1n) is 7.90. The number of carbonyl (C=O) groups excluding carboxylic acids is 1. The lowest BCUT2D eigenvalue weighted by Gasteiger charge is -2.30. The van der Waals surface area contributed by atoms with Gasteiger partial charge in [0.15, 0.2) is 9.84 Å². The van der Waals surface area contributed by atoms with Gasteiger partial charge in [0.05, 0.1) is 11.4 Å². The molecule has 1 heterocycles. The topological polar surface area (TPSA) is 85.4 Å². The number of carbonyl (C=O) groups is 1. The Morgan fingerprint density at radius 2 is 2.04 bits per heavy atom. The molecule has 0 aliphatic heterocycles. The minimum atomic E-state index is -3.18. The van der Waals surface area contributed by atoms with Crippen LogP contribution in [0.4, 0.5) is 0 Å². The average molecular weight is 340 g/mol. The molecule has 1 amide bonds. The van der Waals surface area contributed by atoms with Crippen LogP contribution in [0.1, 0.15) is 49.9 Å². The molecule has 7 heteroatoms. The first kappa shape index (κ1) is 17.7. The predicted octanol–water partition coefficient (Wildman–Crippen LogP) is 1.95. The molecule has 1 aliphatic rings. The van der Waals surface area contributed by atoms with Gasteiger partial charge in [-0.2, -0.15) is 0 Å². The molecule has 0 unspecified atom stereocenters. The summed E-state index contributed by atoms with van der Waals surface area (Å²) in [6.07, 6.45) is 5.81. The average Bonchev–Trinajstić information content (AvgIpc) is 2.46. The van der Waals surface area contributed by atoms with Crippen LogP contribution in [0.3, 0.4) is 0 Å². The smallest absolute Gasteiger partial charge is 0.251 e. The summed E-state index contributed by atoms with van der Waals surface area (Å²) in [5, 5.41) is 2.36. The van der Waals surface area contributed by atoms with Crippen molar-refractivity contribution >= 4 is 15.7 Å². The van der Waals surface area contributed by atoms with Gasteiger partial charge in [-0.1, -0.05) is 12.8 Å². The summed E-state index contributed by atoms with van der Waals surface area (Å²) < 4.78 is 29.3. The number of aromatic nitrogens is 1. The largest absolute Gasteiger partial charge is 0.475 e. The molecule has 0 spiro atoms. The summed E-state index contributed by atoms with van der Waals surface area (Å²) in [5.41, 5.74) is 0.425. The van der Waals surface area contributed by atoms with Crippen molar-refractivity contribution in [2.24, 2.45) is 0 Å². The van der Waals surface area contributed by atoms with E-state index in [0.717, 1.165) is 12.8 Å². The van der Waals surface area contributed by atoms with Crippen LogP contribution in [0.5, 0.6) is 5.88 Å². The van der Waals surface area contributed by atoms with E-state index in [9.17, 15) is 13.2 Å². The van der Waals surface area contributed by atoms with Crippen molar-refractivity contribution in [1.29, 1.82) is 0 Å². The predicted molar refractivity (Wildman–Crippen MR) is 88.4 cm³/mol.